The van der Waals surface area contributed by atoms with Gasteiger partial charge in [0.25, 0.3) is 0 Å². The van der Waals surface area contributed by atoms with Gasteiger partial charge in [0.05, 0.1) is 24.3 Å². The summed E-state index contributed by atoms with van der Waals surface area (Å²) in [5, 5.41) is 18.5. The Morgan fingerprint density at radius 3 is 2.52 bits per heavy atom. The molecule has 108 valence electrons. The number of nitrogens with zero attached hydrogens (tertiary/aromatic N) is 2. The summed E-state index contributed by atoms with van der Waals surface area (Å²) in [5.74, 6) is 0. The Morgan fingerprint density at radius 1 is 1.24 bits per heavy atom. The van der Waals surface area contributed by atoms with E-state index in [1.807, 2.05) is 48.5 Å². The van der Waals surface area contributed by atoms with E-state index < -0.39 is 6.10 Å². The summed E-state index contributed by atoms with van der Waals surface area (Å²) in [5.41, 5.74) is 2.89. The highest BCUT2D eigenvalue weighted by Gasteiger charge is 2.13. The van der Waals surface area contributed by atoms with Gasteiger partial charge >= 0.3 is 0 Å². The molecular formula is C17H17BrN2O. The van der Waals surface area contributed by atoms with E-state index in [2.05, 4.69) is 26.9 Å². The second-order valence-corrected chi connectivity index (χ2v) is 5.64. The average Bonchev–Trinajstić information content (AvgIpc) is 2.50. The molecular weight excluding hydrogens is 328 g/mol. The number of benzene rings is 2. The molecule has 0 amide bonds. The lowest BCUT2D eigenvalue weighted by atomic mass is 10.1. The van der Waals surface area contributed by atoms with Crippen LogP contribution >= 0.6 is 15.9 Å². The molecule has 0 spiro atoms. The van der Waals surface area contributed by atoms with Crippen molar-refractivity contribution in [3.8, 4) is 6.07 Å². The molecule has 1 unspecified atom stereocenters. The number of rotatable bonds is 5. The maximum absolute atomic E-state index is 9.66. The van der Waals surface area contributed by atoms with Crippen LogP contribution in [0.25, 0.3) is 0 Å². The molecule has 3 nitrogen and oxygen atoms in total. The molecule has 0 heterocycles. The van der Waals surface area contributed by atoms with Crippen molar-refractivity contribution in [3.63, 3.8) is 0 Å². The van der Waals surface area contributed by atoms with Gasteiger partial charge in [0.1, 0.15) is 0 Å². The summed E-state index contributed by atoms with van der Waals surface area (Å²) in [6, 6.07) is 18.0. The minimum atomic E-state index is -0.500. The minimum Gasteiger partial charge on any atom is -0.389 e. The fourth-order valence-electron chi connectivity index (χ4n) is 2.16. The Balaban J connectivity index is 2.40. The Kier molecular flexibility index (Phi) is 5.38. The third-order valence-corrected chi connectivity index (χ3v) is 3.90. The molecule has 0 aliphatic heterocycles. The third kappa shape index (κ3) is 3.84. The Labute approximate surface area is 133 Å². The average molecular weight is 345 g/mol. The van der Waals surface area contributed by atoms with E-state index in [0.717, 1.165) is 21.4 Å². The fraction of sp³-hybridized carbons (Fsp3) is 0.235. The lowest BCUT2D eigenvalue weighted by Crippen LogP contribution is -2.18. The van der Waals surface area contributed by atoms with E-state index in [9.17, 15) is 5.11 Å². The van der Waals surface area contributed by atoms with Crippen LogP contribution in [0.15, 0.2) is 53.0 Å². The molecule has 0 saturated heterocycles. The number of aliphatic hydroxyl groups excluding tert-OH is 1. The van der Waals surface area contributed by atoms with Crippen molar-refractivity contribution in [1.82, 2.24) is 0 Å². The predicted octanol–water partition coefficient (Wildman–Crippen LogP) is 4.55. The minimum absolute atomic E-state index is 0.444. The van der Waals surface area contributed by atoms with Crippen molar-refractivity contribution in [2.45, 2.75) is 19.4 Å². The SMILES string of the molecule is CC(O)c1ccc(N(CCC#N)c2ccccc2)c(Br)c1. The second-order valence-electron chi connectivity index (χ2n) is 4.78. The van der Waals surface area contributed by atoms with Gasteiger partial charge in [-0.2, -0.15) is 5.26 Å². The van der Waals surface area contributed by atoms with Crippen LogP contribution in [0, 0.1) is 11.3 Å². The Hall–Kier alpha value is -1.83. The van der Waals surface area contributed by atoms with Crippen molar-refractivity contribution in [3.05, 3.63) is 58.6 Å². The topological polar surface area (TPSA) is 47.3 Å². The molecule has 0 aliphatic rings. The number of hydrogen-bond acceptors (Lipinski definition) is 3. The molecule has 0 saturated carbocycles. The van der Waals surface area contributed by atoms with E-state index in [-0.39, 0.29) is 0 Å². The normalized spacial score (nSPS) is 11.7. The van der Waals surface area contributed by atoms with Crippen LogP contribution in [0.5, 0.6) is 0 Å². The van der Waals surface area contributed by atoms with Crippen molar-refractivity contribution < 1.29 is 5.11 Å². The highest BCUT2D eigenvalue weighted by Crippen LogP contribution is 2.34. The van der Waals surface area contributed by atoms with Crippen molar-refractivity contribution in [1.29, 1.82) is 5.26 Å². The molecule has 4 heteroatoms. The molecule has 0 aromatic heterocycles. The first-order chi connectivity index (χ1) is 10.1. The first kappa shape index (κ1) is 15.6. The van der Waals surface area contributed by atoms with E-state index in [4.69, 9.17) is 5.26 Å². The first-order valence-electron chi connectivity index (χ1n) is 6.80. The highest BCUT2D eigenvalue weighted by atomic mass is 79.9. The van der Waals surface area contributed by atoms with Crippen LogP contribution in [0.1, 0.15) is 25.0 Å². The van der Waals surface area contributed by atoms with Crippen LogP contribution in [0.2, 0.25) is 0 Å². The lowest BCUT2D eigenvalue weighted by Gasteiger charge is -2.25. The quantitative estimate of drug-likeness (QED) is 0.865. The van der Waals surface area contributed by atoms with Crippen molar-refractivity contribution in [2.24, 2.45) is 0 Å². The predicted molar refractivity (Wildman–Crippen MR) is 88.5 cm³/mol. The number of aliphatic hydroxyl groups is 1. The van der Waals surface area contributed by atoms with Gasteiger partial charge in [-0.25, -0.2) is 0 Å². The van der Waals surface area contributed by atoms with E-state index in [1.165, 1.54) is 0 Å². The van der Waals surface area contributed by atoms with Gasteiger partial charge in [-0.05, 0) is 52.7 Å². The van der Waals surface area contributed by atoms with Crippen molar-refractivity contribution >= 4 is 27.3 Å². The monoisotopic (exact) mass is 344 g/mol. The zero-order valence-corrected chi connectivity index (χ0v) is 13.4. The molecule has 2 rings (SSSR count). The van der Waals surface area contributed by atoms with Gasteiger partial charge in [0.15, 0.2) is 0 Å². The number of nitriles is 1. The number of anilines is 2. The largest absolute Gasteiger partial charge is 0.389 e. The van der Waals surface area contributed by atoms with Crippen LogP contribution in [0.3, 0.4) is 0 Å². The summed E-state index contributed by atoms with van der Waals surface area (Å²) >= 11 is 3.57. The van der Waals surface area contributed by atoms with Crippen LogP contribution in [-0.4, -0.2) is 11.7 Å². The second kappa shape index (κ2) is 7.26. The summed E-state index contributed by atoms with van der Waals surface area (Å²) < 4.78 is 0.905. The number of para-hydroxylation sites is 1. The molecule has 0 radical (unpaired) electrons. The van der Waals surface area contributed by atoms with Gasteiger partial charge in [-0.15, -0.1) is 0 Å². The number of halogens is 1. The van der Waals surface area contributed by atoms with Crippen LogP contribution in [-0.2, 0) is 0 Å². The maximum Gasteiger partial charge on any atom is 0.0762 e. The summed E-state index contributed by atoms with van der Waals surface area (Å²) in [6.45, 7) is 2.36. The molecule has 0 aliphatic carbocycles. The molecule has 0 bridgehead atoms. The van der Waals surface area contributed by atoms with Crippen LogP contribution < -0.4 is 4.90 Å². The molecule has 1 N–H and O–H groups in total. The molecule has 0 fully saturated rings. The molecule has 1 atom stereocenters. The molecule has 21 heavy (non-hydrogen) atoms. The summed E-state index contributed by atoms with van der Waals surface area (Å²) in [4.78, 5) is 2.10. The van der Waals surface area contributed by atoms with Gasteiger partial charge in [-0.3, -0.25) is 0 Å². The van der Waals surface area contributed by atoms with Gasteiger partial charge < -0.3 is 10.0 Å². The molecule has 2 aromatic carbocycles. The van der Waals surface area contributed by atoms with Gasteiger partial charge in [0.2, 0.25) is 0 Å². The van der Waals surface area contributed by atoms with Crippen molar-refractivity contribution in [2.75, 3.05) is 11.4 Å². The molecule has 2 aromatic rings. The fourth-order valence-corrected chi connectivity index (χ4v) is 2.77. The van der Waals surface area contributed by atoms with E-state index in [1.54, 1.807) is 6.92 Å². The Morgan fingerprint density at radius 2 is 1.95 bits per heavy atom. The van der Waals surface area contributed by atoms with E-state index >= 15 is 0 Å². The summed E-state index contributed by atoms with van der Waals surface area (Å²) in [7, 11) is 0. The smallest absolute Gasteiger partial charge is 0.0762 e. The van der Waals surface area contributed by atoms with E-state index in [0.29, 0.717) is 13.0 Å². The van der Waals surface area contributed by atoms with Gasteiger partial charge in [0, 0.05) is 16.7 Å². The number of hydrogen-bond donors (Lipinski definition) is 1. The zero-order chi connectivity index (χ0) is 15.2. The Bertz CT molecular complexity index is 635. The maximum atomic E-state index is 9.66. The lowest BCUT2D eigenvalue weighted by molar-refractivity contribution is 0.199. The third-order valence-electron chi connectivity index (χ3n) is 3.26. The standard InChI is InChI=1S/C17H17BrN2O/c1-13(21)14-8-9-17(16(18)12-14)20(11-5-10-19)15-6-3-2-4-7-15/h2-4,6-9,12-13,21H,5,11H2,1H3. The first-order valence-corrected chi connectivity index (χ1v) is 7.60. The summed E-state index contributed by atoms with van der Waals surface area (Å²) in [6.07, 6.45) is -0.0564. The zero-order valence-electron chi connectivity index (χ0n) is 11.8. The van der Waals surface area contributed by atoms with Gasteiger partial charge in [-0.1, -0.05) is 24.3 Å². The van der Waals surface area contributed by atoms with Crippen LogP contribution in [0.4, 0.5) is 11.4 Å². The highest BCUT2D eigenvalue weighted by molar-refractivity contribution is 9.10.